The summed E-state index contributed by atoms with van der Waals surface area (Å²) in [6, 6.07) is 6.25. The van der Waals surface area contributed by atoms with Gasteiger partial charge in [-0.05, 0) is 24.0 Å². The first kappa shape index (κ1) is 16.1. The maximum atomic E-state index is 12.1. The Morgan fingerprint density at radius 3 is 2.26 bits per heavy atom. The van der Waals surface area contributed by atoms with Crippen molar-refractivity contribution < 1.29 is 8.42 Å². The van der Waals surface area contributed by atoms with E-state index in [9.17, 15) is 8.42 Å². The van der Waals surface area contributed by atoms with E-state index in [-0.39, 0.29) is 15.3 Å². The molecule has 0 aliphatic carbocycles. The van der Waals surface area contributed by atoms with Gasteiger partial charge in [0.1, 0.15) is 4.99 Å². The molecular weight excluding hydrogens is 280 g/mol. The Kier molecular flexibility index (Phi) is 5.06. The highest BCUT2D eigenvalue weighted by Crippen LogP contribution is 2.19. The first-order valence-corrected chi connectivity index (χ1v) is 7.96. The highest BCUT2D eigenvalue weighted by molar-refractivity contribution is 7.89. The molecule has 0 amide bonds. The topological polar surface area (TPSA) is 72.2 Å². The van der Waals surface area contributed by atoms with Crippen LogP contribution in [-0.2, 0) is 10.0 Å². The van der Waals surface area contributed by atoms with Gasteiger partial charge in [-0.15, -0.1) is 0 Å². The molecule has 0 aliphatic heterocycles. The summed E-state index contributed by atoms with van der Waals surface area (Å²) < 4.78 is 26.8. The van der Waals surface area contributed by atoms with Crippen molar-refractivity contribution in [2.45, 2.75) is 32.1 Å². The zero-order valence-corrected chi connectivity index (χ0v) is 13.1. The Labute approximate surface area is 120 Å². The van der Waals surface area contributed by atoms with Crippen LogP contribution < -0.4 is 10.5 Å². The number of hydrogen-bond acceptors (Lipinski definition) is 3. The zero-order chi connectivity index (χ0) is 14.7. The van der Waals surface area contributed by atoms with Crippen molar-refractivity contribution in [2.24, 2.45) is 11.1 Å². The molecule has 0 spiro atoms. The van der Waals surface area contributed by atoms with Crippen LogP contribution in [0, 0.1) is 5.41 Å². The molecule has 3 N–H and O–H groups in total. The molecule has 19 heavy (non-hydrogen) atoms. The van der Waals surface area contributed by atoms with Gasteiger partial charge in [-0.1, -0.05) is 45.1 Å². The van der Waals surface area contributed by atoms with Gasteiger partial charge in [-0.25, -0.2) is 13.1 Å². The van der Waals surface area contributed by atoms with E-state index in [1.807, 2.05) is 20.8 Å². The molecule has 0 unspecified atom stereocenters. The van der Waals surface area contributed by atoms with Crippen LogP contribution in [0.4, 0.5) is 0 Å². The van der Waals surface area contributed by atoms with Gasteiger partial charge in [0, 0.05) is 12.1 Å². The predicted molar refractivity (Wildman–Crippen MR) is 81.6 cm³/mol. The molecular formula is C13H20N2O2S2. The number of rotatable bonds is 6. The average Bonchev–Trinajstić information content (AvgIpc) is 2.37. The molecule has 0 radical (unpaired) electrons. The lowest BCUT2D eigenvalue weighted by molar-refractivity contribution is 0.350. The van der Waals surface area contributed by atoms with Crippen LogP contribution in [0.2, 0.25) is 0 Å². The fourth-order valence-electron chi connectivity index (χ4n) is 1.30. The highest BCUT2D eigenvalue weighted by Gasteiger charge is 2.20. The Balaban J connectivity index is 2.86. The molecule has 4 nitrogen and oxygen atoms in total. The summed E-state index contributed by atoms with van der Waals surface area (Å²) in [6.45, 7) is 6.48. The van der Waals surface area contributed by atoms with Crippen LogP contribution in [0.25, 0.3) is 0 Å². The lowest BCUT2D eigenvalue weighted by Crippen LogP contribution is -2.33. The summed E-state index contributed by atoms with van der Waals surface area (Å²) in [5.74, 6) is 0. The van der Waals surface area contributed by atoms with Gasteiger partial charge in [-0.2, -0.15) is 0 Å². The van der Waals surface area contributed by atoms with E-state index >= 15 is 0 Å². The van der Waals surface area contributed by atoms with Crippen molar-refractivity contribution in [3.05, 3.63) is 29.8 Å². The first-order chi connectivity index (χ1) is 8.68. The lowest BCUT2D eigenvalue weighted by atomic mass is 9.91. The summed E-state index contributed by atoms with van der Waals surface area (Å²) in [4.78, 5) is 0.475. The summed E-state index contributed by atoms with van der Waals surface area (Å²) in [7, 11) is -3.48. The summed E-state index contributed by atoms with van der Waals surface area (Å²) in [5.41, 5.74) is 6.06. The Hall–Kier alpha value is -0.980. The lowest BCUT2D eigenvalue weighted by Gasteiger charge is -2.22. The molecule has 1 aromatic rings. The largest absolute Gasteiger partial charge is 0.389 e. The number of benzene rings is 1. The number of sulfonamides is 1. The van der Waals surface area contributed by atoms with Crippen LogP contribution in [0.5, 0.6) is 0 Å². The zero-order valence-electron chi connectivity index (χ0n) is 11.4. The minimum atomic E-state index is -3.48. The van der Waals surface area contributed by atoms with Crippen molar-refractivity contribution in [3.63, 3.8) is 0 Å². The second kappa shape index (κ2) is 5.98. The fraction of sp³-hybridized carbons (Fsp3) is 0.462. The quantitative estimate of drug-likeness (QED) is 0.789. The van der Waals surface area contributed by atoms with Gasteiger partial charge in [0.25, 0.3) is 0 Å². The SMILES string of the molecule is CCC(C)(C)CNS(=O)(=O)c1ccc(C(N)=S)cc1. The van der Waals surface area contributed by atoms with Crippen molar-refractivity contribution in [1.82, 2.24) is 4.72 Å². The number of nitrogens with two attached hydrogens (primary N) is 1. The van der Waals surface area contributed by atoms with Gasteiger partial charge in [0.15, 0.2) is 0 Å². The van der Waals surface area contributed by atoms with Crippen LogP contribution in [-0.4, -0.2) is 20.0 Å². The first-order valence-electron chi connectivity index (χ1n) is 6.07. The number of hydrogen-bond donors (Lipinski definition) is 2. The fourth-order valence-corrected chi connectivity index (χ4v) is 2.67. The molecule has 0 fully saturated rings. The third kappa shape index (κ3) is 4.56. The highest BCUT2D eigenvalue weighted by atomic mass is 32.2. The molecule has 0 heterocycles. The molecule has 1 rings (SSSR count). The van der Waals surface area contributed by atoms with Gasteiger partial charge < -0.3 is 5.73 Å². The van der Waals surface area contributed by atoms with Crippen LogP contribution >= 0.6 is 12.2 Å². The maximum absolute atomic E-state index is 12.1. The summed E-state index contributed by atoms with van der Waals surface area (Å²) in [6.07, 6.45) is 0.899. The molecule has 106 valence electrons. The molecule has 0 saturated heterocycles. The minimum absolute atomic E-state index is 0.0637. The molecule has 0 aromatic heterocycles. The van der Waals surface area contributed by atoms with Gasteiger partial charge in [-0.3, -0.25) is 0 Å². The van der Waals surface area contributed by atoms with E-state index in [0.717, 1.165) is 6.42 Å². The monoisotopic (exact) mass is 300 g/mol. The van der Waals surface area contributed by atoms with E-state index in [1.54, 1.807) is 12.1 Å². The smallest absolute Gasteiger partial charge is 0.240 e. The standard InChI is InChI=1S/C13H20N2O2S2/c1-4-13(2,3)9-15-19(16,17)11-7-5-10(6-8-11)12(14)18/h5-8,15H,4,9H2,1-3H3,(H2,14,18). The third-order valence-corrected chi connectivity index (χ3v) is 4.80. The third-order valence-electron chi connectivity index (χ3n) is 3.15. The molecule has 0 atom stereocenters. The molecule has 6 heteroatoms. The normalized spacial score (nSPS) is 12.4. The van der Waals surface area contributed by atoms with Crippen molar-refractivity contribution >= 4 is 27.2 Å². The molecule has 0 bridgehead atoms. The Morgan fingerprint density at radius 1 is 1.32 bits per heavy atom. The summed E-state index contributed by atoms with van der Waals surface area (Å²) >= 11 is 4.83. The van der Waals surface area contributed by atoms with Gasteiger partial charge in [0.05, 0.1) is 4.90 Å². The van der Waals surface area contributed by atoms with E-state index in [4.69, 9.17) is 18.0 Å². The molecule has 0 saturated carbocycles. The second-order valence-corrected chi connectivity index (χ2v) is 7.44. The van der Waals surface area contributed by atoms with Crippen LogP contribution in [0.1, 0.15) is 32.8 Å². The van der Waals surface area contributed by atoms with Crippen LogP contribution in [0.3, 0.4) is 0 Å². The molecule has 0 aliphatic rings. The average molecular weight is 300 g/mol. The van der Waals surface area contributed by atoms with E-state index in [2.05, 4.69) is 4.72 Å². The maximum Gasteiger partial charge on any atom is 0.240 e. The Bertz CT molecular complexity index is 549. The van der Waals surface area contributed by atoms with Crippen molar-refractivity contribution in [1.29, 1.82) is 0 Å². The minimum Gasteiger partial charge on any atom is -0.389 e. The van der Waals surface area contributed by atoms with Crippen LogP contribution in [0.15, 0.2) is 29.2 Å². The van der Waals surface area contributed by atoms with E-state index in [0.29, 0.717) is 12.1 Å². The van der Waals surface area contributed by atoms with E-state index < -0.39 is 10.0 Å². The van der Waals surface area contributed by atoms with Gasteiger partial charge in [0.2, 0.25) is 10.0 Å². The van der Waals surface area contributed by atoms with Gasteiger partial charge >= 0.3 is 0 Å². The summed E-state index contributed by atoms with van der Waals surface area (Å²) in [5, 5.41) is 0. The molecule has 1 aromatic carbocycles. The van der Waals surface area contributed by atoms with E-state index in [1.165, 1.54) is 12.1 Å². The second-order valence-electron chi connectivity index (χ2n) is 5.23. The van der Waals surface area contributed by atoms with Crippen molar-refractivity contribution in [2.75, 3.05) is 6.54 Å². The Morgan fingerprint density at radius 2 is 1.84 bits per heavy atom. The van der Waals surface area contributed by atoms with Crippen molar-refractivity contribution in [3.8, 4) is 0 Å². The number of thiocarbonyl (C=S) groups is 1. The predicted octanol–water partition coefficient (Wildman–Crippen LogP) is 2.04. The number of nitrogens with one attached hydrogen (secondary N) is 1.